The van der Waals surface area contributed by atoms with Crippen LogP contribution < -0.4 is 4.90 Å². The molecular formula is C16H18N2O. The molecule has 0 saturated carbocycles. The number of hydrogen-bond acceptors (Lipinski definition) is 3. The number of pyridine rings is 1. The van der Waals surface area contributed by atoms with Crippen molar-refractivity contribution in [1.29, 1.82) is 0 Å². The second-order valence-electron chi connectivity index (χ2n) is 4.44. The lowest BCUT2D eigenvalue weighted by Gasteiger charge is -2.22. The molecular weight excluding hydrogens is 236 g/mol. The summed E-state index contributed by atoms with van der Waals surface area (Å²) in [5, 5.41) is 11.5. The molecule has 0 radical (unpaired) electrons. The van der Waals surface area contributed by atoms with Crippen molar-refractivity contribution in [2.45, 2.75) is 20.0 Å². The maximum atomic E-state index is 9.34. The molecule has 2 aromatic rings. The summed E-state index contributed by atoms with van der Waals surface area (Å²) in [5.41, 5.74) is 0.673. The van der Waals surface area contributed by atoms with Crippen molar-refractivity contribution in [1.82, 2.24) is 4.98 Å². The molecule has 0 aliphatic rings. The number of fused-ring (bicyclic) bond motifs is 1. The molecule has 3 nitrogen and oxygen atoms in total. The van der Waals surface area contributed by atoms with E-state index in [1.165, 1.54) is 0 Å². The van der Waals surface area contributed by atoms with Gasteiger partial charge in [-0.25, -0.2) is 4.98 Å². The summed E-state index contributed by atoms with van der Waals surface area (Å²) in [4.78, 5) is 6.62. The number of nitrogens with zero attached hydrogens (tertiary/aromatic N) is 2. The van der Waals surface area contributed by atoms with Crippen LogP contribution in [-0.4, -0.2) is 23.2 Å². The summed E-state index contributed by atoms with van der Waals surface area (Å²) in [5.74, 6) is 3.54. The molecule has 98 valence electrons. The minimum Gasteiger partial charge on any atom is -0.390 e. The zero-order valence-corrected chi connectivity index (χ0v) is 11.1. The van der Waals surface area contributed by atoms with Crippen LogP contribution in [0, 0.1) is 12.3 Å². The van der Waals surface area contributed by atoms with Crippen molar-refractivity contribution in [2.75, 3.05) is 18.0 Å². The van der Waals surface area contributed by atoms with E-state index < -0.39 is 0 Å². The van der Waals surface area contributed by atoms with Crippen molar-refractivity contribution >= 4 is 16.6 Å². The maximum Gasteiger partial charge on any atom is 0.137 e. The molecule has 19 heavy (non-hydrogen) atoms. The van der Waals surface area contributed by atoms with Gasteiger partial charge in [-0.1, -0.05) is 37.1 Å². The summed E-state index contributed by atoms with van der Waals surface area (Å²) in [6.45, 7) is 3.44. The minimum absolute atomic E-state index is 0.0617. The van der Waals surface area contributed by atoms with Crippen LogP contribution in [0.15, 0.2) is 30.3 Å². The quantitative estimate of drug-likeness (QED) is 0.833. The highest BCUT2D eigenvalue weighted by atomic mass is 16.3. The Bertz CT molecular complexity index is 601. The van der Waals surface area contributed by atoms with E-state index in [4.69, 9.17) is 6.42 Å². The van der Waals surface area contributed by atoms with Crippen molar-refractivity contribution < 1.29 is 5.11 Å². The molecule has 1 heterocycles. The van der Waals surface area contributed by atoms with Crippen LogP contribution in [0.5, 0.6) is 0 Å². The minimum atomic E-state index is -0.0617. The molecule has 1 N–H and O–H groups in total. The van der Waals surface area contributed by atoms with Crippen LogP contribution in [0.4, 0.5) is 5.82 Å². The van der Waals surface area contributed by atoms with Crippen LogP contribution in [0.3, 0.4) is 0 Å². The Morgan fingerprint density at radius 3 is 2.84 bits per heavy atom. The third-order valence-corrected chi connectivity index (χ3v) is 3.01. The van der Waals surface area contributed by atoms with E-state index in [0.717, 1.165) is 29.6 Å². The smallest absolute Gasteiger partial charge is 0.137 e. The molecule has 0 spiro atoms. The Morgan fingerprint density at radius 2 is 2.16 bits per heavy atom. The molecule has 0 aliphatic heterocycles. The number of terminal acetylenes is 1. The highest BCUT2D eigenvalue weighted by Gasteiger charge is 2.11. The SMILES string of the molecule is C#CCN(CCC)c1nc(CO)cc2ccccc12. The standard InChI is InChI=1S/C16H18N2O/c1-3-9-18(10-4-2)16-15-8-6-5-7-13(15)11-14(12-19)17-16/h1,5-8,11,19H,4,9-10,12H2,2H3. The number of hydrogen-bond donors (Lipinski definition) is 1. The van der Waals surface area contributed by atoms with Crippen LogP contribution >= 0.6 is 0 Å². The first-order valence-corrected chi connectivity index (χ1v) is 6.48. The molecule has 0 amide bonds. The second-order valence-corrected chi connectivity index (χ2v) is 4.44. The molecule has 1 aromatic heterocycles. The summed E-state index contributed by atoms with van der Waals surface area (Å²) >= 11 is 0. The number of aromatic nitrogens is 1. The molecule has 1 aromatic carbocycles. The van der Waals surface area contributed by atoms with Crippen LogP contribution in [0.1, 0.15) is 19.0 Å². The van der Waals surface area contributed by atoms with Gasteiger partial charge < -0.3 is 10.0 Å². The molecule has 0 saturated heterocycles. The lowest BCUT2D eigenvalue weighted by Crippen LogP contribution is -2.26. The van der Waals surface area contributed by atoms with Crippen LogP contribution in [0.25, 0.3) is 10.8 Å². The first-order chi connectivity index (χ1) is 9.30. The summed E-state index contributed by atoms with van der Waals surface area (Å²) in [6, 6.07) is 9.96. The van der Waals surface area contributed by atoms with E-state index in [2.05, 4.69) is 22.7 Å². The number of aliphatic hydroxyl groups excluding tert-OH is 1. The van der Waals surface area contributed by atoms with Gasteiger partial charge in [0.25, 0.3) is 0 Å². The highest BCUT2D eigenvalue weighted by molar-refractivity contribution is 5.92. The van der Waals surface area contributed by atoms with E-state index >= 15 is 0 Å². The van der Waals surface area contributed by atoms with Gasteiger partial charge >= 0.3 is 0 Å². The molecule has 0 fully saturated rings. The highest BCUT2D eigenvalue weighted by Crippen LogP contribution is 2.25. The Morgan fingerprint density at radius 1 is 1.37 bits per heavy atom. The maximum absolute atomic E-state index is 9.34. The van der Waals surface area contributed by atoms with Crippen LogP contribution in [-0.2, 0) is 6.61 Å². The Kier molecular flexibility index (Phi) is 4.38. The van der Waals surface area contributed by atoms with E-state index in [0.29, 0.717) is 12.2 Å². The van der Waals surface area contributed by atoms with Crippen molar-refractivity contribution in [3.05, 3.63) is 36.0 Å². The number of rotatable bonds is 5. The third-order valence-electron chi connectivity index (χ3n) is 3.01. The summed E-state index contributed by atoms with van der Waals surface area (Å²) in [6.07, 6.45) is 6.44. The summed E-state index contributed by atoms with van der Waals surface area (Å²) < 4.78 is 0. The Hall–Kier alpha value is -2.05. The van der Waals surface area contributed by atoms with Gasteiger partial charge in [-0.05, 0) is 17.9 Å². The average molecular weight is 254 g/mol. The fraction of sp³-hybridized carbons (Fsp3) is 0.312. The zero-order valence-electron chi connectivity index (χ0n) is 11.1. The van der Waals surface area contributed by atoms with E-state index in [1.54, 1.807) is 0 Å². The van der Waals surface area contributed by atoms with Crippen molar-refractivity contribution in [3.63, 3.8) is 0 Å². The second kappa shape index (κ2) is 6.21. The largest absolute Gasteiger partial charge is 0.390 e. The van der Waals surface area contributed by atoms with Gasteiger partial charge in [0.05, 0.1) is 18.8 Å². The number of aliphatic hydroxyl groups is 1. The first kappa shape index (κ1) is 13.4. The van der Waals surface area contributed by atoms with Gasteiger partial charge in [0.2, 0.25) is 0 Å². The van der Waals surface area contributed by atoms with Gasteiger partial charge in [-0.2, -0.15) is 0 Å². The lowest BCUT2D eigenvalue weighted by atomic mass is 10.1. The monoisotopic (exact) mass is 254 g/mol. The fourth-order valence-corrected chi connectivity index (χ4v) is 2.20. The van der Waals surface area contributed by atoms with Gasteiger partial charge in [-0.15, -0.1) is 6.42 Å². The number of benzene rings is 1. The molecule has 2 rings (SSSR count). The predicted molar refractivity (Wildman–Crippen MR) is 79.0 cm³/mol. The van der Waals surface area contributed by atoms with E-state index in [9.17, 15) is 5.11 Å². The van der Waals surface area contributed by atoms with E-state index in [-0.39, 0.29) is 6.61 Å². The van der Waals surface area contributed by atoms with Crippen molar-refractivity contribution in [2.24, 2.45) is 0 Å². The predicted octanol–water partition coefficient (Wildman–Crippen LogP) is 2.58. The molecule has 0 aliphatic carbocycles. The van der Waals surface area contributed by atoms with Gasteiger partial charge in [0.1, 0.15) is 5.82 Å². The van der Waals surface area contributed by atoms with Gasteiger partial charge in [0, 0.05) is 11.9 Å². The summed E-state index contributed by atoms with van der Waals surface area (Å²) in [7, 11) is 0. The normalized spacial score (nSPS) is 10.4. The Balaban J connectivity index is 2.58. The number of anilines is 1. The fourth-order valence-electron chi connectivity index (χ4n) is 2.20. The topological polar surface area (TPSA) is 36.4 Å². The first-order valence-electron chi connectivity index (χ1n) is 6.48. The molecule has 3 heteroatoms. The third kappa shape index (κ3) is 2.86. The zero-order chi connectivity index (χ0) is 13.7. The Labute approximate surface area is 113 Å². The van der Waals surface area contributed by atoms with Gasteiger partial charge in [-0.3, -0.25) is 0 Å². The van der Waals surface area contributed by atoms with Crippen LogP contribution in [0.2, 0.25) is 0 Å². The van der Waals surface area contributed by atoms with E-state index in [1.807, 2.05) is 30.3 Å². The van der Waals surface area contributed by atoms with Gasteiger partial charge in [0.15, 0.2) is 0 Å². The molecule has 0 unspecified atom stereocenters. The molecule has 0 atom stereocenters. The molecule has 0 bridgehead atoms. The lowest BCUT2D eigenvalue weighted by molar-refractivity contribution is 0.277. The van der Waals surface area contributed by atoms with Crippen molar-refractivity contribution in [3.8, 4) is 12.3 Å². The average Bonchev–Trinajstić information content (AvgIpc) is 2.46.